The average Bonchev–Trinajstić information content (AvgIpc) is 2.77. The number of imidazole rings is 1. The number of benzene rings is 1. The van der Waals surface area contributed by atoms with E-state index in [1.54, 1.807) is 0 Å². The third-order valence-corrected chi connectivity index (χ3v) is 2.77. The lowest BCUT2D eigenvalue weighted by Gasteiger charge is -2.11. The second-order valence-electron chi connectivity index (χ2n) is 4.07. The summed E-state index contributed by atoms with van der Waals surface area (Å²) in [5.41, 5.74) is -0.812. The Morgan fingerprint density at radius 2 is 2.05 bits per heavy atom. The maximum Gasteiger partial charge on any atom is 0.449 e. The molecule has 2 rings (SSSR count). The molecule has 1 aromatic heterocycles. The van der Waals surface area contributed by atoms with Gasteiger partial charge in [0, 0.05) is 0 Å². The first-order chi connectivity index (χ1) is 9.75. The summed E-state index contributed by atoms with van der Waals surface area (Å²) in [5.74, 6) is -3.71. The molecule has 0 radical (unpaired) electrons. The summed E-state index contributed by atoms with van der Waals surface area (Å²) in [6, 6.07) is 3.66. The molecule has 9 heteroatoms. The highest BCUT2D eigenvalue weighted by molar-refractivity contribution is 6.01. The van der Waals surface area contributed by atoms with Gasteiger partial charge in [-0.2, -0.15) is 13.2 Å². The van der Waals surface area contributed by atoms with Gasteiger partial charge in [0.15, 0.2) is 0 Å². The van der Waals surface area contributed by atoms with Crippen LogP contribution in [-0.2, 0) is 22.3 Å². The van der Waals surface area contributed by atoms with E-state index >= 15 is 0 Å². The Kier molecular flexibility index (Phi) is 3.58. The Hall–Kier alpha value is -2.58. The lowest BCUT2D eigenvalue weighted by molar-refractivity contribution is -0.149. The number of fused-ring (bicyclic) bond motifs is 1. The number of carbonyl (C=O) groups is 2. The molecule has 1 heterocycles. The van der Waals surface area contributed by atoms with Crippen LogP contribution in [0.1, 0.15) is 16.2 Å². The van der Waals surface area contributed by atoms with Gasteiger partial charge in [-0.1, -0.05) is 6.07 Å². The highest BCUT2D eigenvalue weighted by Crippen LogP contribution is 2.32. The minimum absolute atomic E-state index is 0.161. The number of halogens is 3. The van der Waals surface area contributed by atoms with E-state index in [1.165, 1.54) is 12.1 Å². The van der Waals surface area contributed by atoms with Gasteiger partial charge in [0.05, 0.1) is 23.7 Å². The molecule has 2 aromatic rings. The number of esters is 1. The largest absolute Gasteiger partial charge is 0.478 e. The summed E-state index contributed by atoms with van der Waals surface area (Å²) < 4.78 is 43.8. The van der Waals surface area contributed by atoms with Crippen LogP contribution in [-0.4, -0.2) is 33.7 Å². The number of carboxylic acid groups (broad SMARTS) is 1. The number of para-hydroxylation sites is 1. The van der Waals surface area contributed by atoms with Crippen LogP contribution in [0.2, 0.25) is 0 Å². The molecule has 0 unspecified atom stereocenters. The zero-order valence-corrected chi connectivity index (χ0v) is 10.6. The fraction of sp³-hybridized carbons (Fsp3) is 0.250. The summed E-state index contributed by atoms with van der Waals surface area (Å²) in [6.45, 7) is -0.786. The highest BCUT2D eigenvalue weighted by atomic mass is 19.4. The number of ether oxygens (including phenoxy) is 1. The Morgan fingerprint density at radius 3 is 2.57 bits per heavy atom. The first-order valence-electron chi connectivity index (χ1n) is 5.62. The van der Waals surface area contributed by atoms with E-state index in [-0.39, 0.29) is 16.6 Å². The number of hydrogen-bond donors (Lipinski definition) is 1. The number of alkyl halides is 3. The Labute approximate surface area is 115 Å². The molecule has 0 bridgehead atoms. The lowest BCUT2D eigenvalue weighted by Crippen LogP contribution is -2.20. The van der Waals surface area contributed by atoms with Gasteiger partial charge in [-0.3, -0.25) is 4.79 Å². The van der Waals surface area contributed by atoms with Crippen LogP contribution in [0.4, 0.5) is 13.2 Å². The van der Waals surface area contributed by atoms with Crippen molar-refractivity contribution in [1.29, 1.82) is 0 Å². The minimum Gasteiger partial charge on any atom is -0.478 e. The van der Waals surface area contributed by atoms with Gasteiger partial charge in [-0.15, -0.1) is 0 Å². The van der Waals surface area contributed by atoms with E-state index in [2.05, 4.69) is 9.72 Å². The van der Waals surface area contributed by atoms with Crippen molar-refractivity contribution in [2.24, 2.45) is 0 Å². The molecule has 0 amide bonds. The van der Waals surface area contributed by atoms with E-state index in [9.17, 15) is 22.8 Å². The molecule has 21 heavy (non-hydrogen) atoms. The van der Waals surface area contributed by atoms with E-state index < -0.39 is 30.5 Å². The van der Waals surface area contributed by atoms with Gasteiger partial charge in [0.25, 0.3) is 0 Å². The third kappa shape index (κ3) is 2.67. The molecule has 0 aliphatic rings. The second kappa shape index (κ2) is 5.08. The molecule has 0 saturated carbocycles. The Morgan fingerprint density at radius 1 is 1.38 bits per heavy atom. The van der Waals surface area contributed by atoms with E-state index in [0.29, 0.717) is 4.57 Å². The maximum absolute atomic E-state index is 13.0. The molecule has 0 aliphatic heterocycles. The molecular weight excluding hydrogens is 293 g/mol. The van der Waals surface area contributed by atoms with Crippen LogP contribution in [0, 0.1) is 0 Å². The van der Waals surface area contributed by atoms with Crippen molar-refractivity contribution in [2.45, 2.75) is 12.7 Å². The van der Waals surface area contributed by atoms with Crippen LogP contribution >= 0.6 is 0 Å². The molecule has 0 fully saturated rings. The van der Waals surface area contributed by atoms with Crippen molar-refractivity contribution in [2.75, 3.05) is 7.11 Å². The number of aromatic nitrogens is 2. The normalized spacial score (nSPS) is 11.6. The van der Waals surface area contributed by atoms with Crippen molar-refractivity contribution >= 4 is 23.0 Å². The van der Waals surface area contributed by atoms with Crippen LogP contribution in [0.25, 0.3) is 11.0 Å². The predicted octanol–water partition coefficient (Wildman–Crippen LogP) is 1.93. The van der Waals surface area contributed by atoms with Gasteiger partial charge < -0.3 is 14.4 Å². The van der Waals surface area contributed by atoms with Crippen LogP contribution in [0.3, 0.4) is 0 Å². The summed E-state index contributed by atoms with van der Waals surface area (Å²) >= 11 is 0. The lowest BCUT2D eigenvalue weighted by atomic mass is 10.2. The van der Waals surface area contributed by atoms with Crippen molar-refractivity contribution in [3.8, 4) is 0 Å². The molecule has 0 saturated heterocycles. The van der Waals surface area contributed by atoms with Gasteiger partial charge >= 0.3 is 18.1 Å². The average molecular weight is 302 g/mol. The van der Waals surface area contributed by atoms with Crippen molar-refractivity contribution in [3.63, 3.8) is 0 Å². The fourth-order valence-electron chi connectivity index (χ4n) is 1.92. The van der Waals surface area contributed by atoms with Gasteiger partial charge in [-0.25, -0.2) is 9.78 Å². The second-order valence-corrected chi connectivity index (χ2v) is 4.07. The zero-order valence-electron chi connectivity index (χ0n) is 10.6. The molecule has 112 valence electrons. The number of aromatic carboxylic acids is 1. The topological polar surface area (TPSA) is 81.4 Å². The first-order valence-corrected chi connectivity index (χ1v) is 5.62. The molecule has 6 nitrogen and oxygen atoms in total. The van der Waals surface area contributed by atoms with E-state index in [1.807, 2.05) is 0 Å². The van der Waals surface area contributed by atoms with Crippen LogP contribution in [0.5, 0.6) is 0 Å². The molecule has 0 aliphatic carbocycles. The van der Waals surface area contributed by atoms with Crippen molar-refractivity contribution < 1.29 is 32.6 Å². The van der Waals surface area contributed by atoms with Crippen molar-refractivity contribution in [3.05, 3.63) is 29.6 Å². The van der Waals surface area contributed by atoms with Gasteiger partial charge in [0.2, 0.25) is 5.82 Å². The quantitative estimate of drug-likeness (QED) is 0.876. The summed E-state index contributed by atoms with van der Waals surface area (Å²) in [5, 5.41) is 9.07. The number of nitrogens with zero attached hydrogens (tertiary/aromatic N) is 2. The fourth-order valence-corrected chi connectivity index (χ4v) is 1.92. The Balaban J connectivity index is 2.80. The standard InChI is InChI=1S/C12H9F3N2O4/c1-21-8(18)5-17-9-6(10(19)20)3-2-4-7(9)16-11(17)12(13,14)15/h2-4H,5H2,1H3,(H,19,20). The van der Waals surface area contributed by atoms with E-state index in [0.717, 1.165) is 13.2 Å². The number of hydrogen-bond acceptors (Lipinski definition) is 4. The SMILES string of the molecule is COC(=O)Cn1c(C(F)(F)F)nc2cccc(C(=O)O)c21. The smallest absolute Gasteiger partial charge is 0.449 e. The number of methoxy groups -OCH3 is 1. The van der Waals surface area contributed by atoms with E-state index in [4.69, 9.17) is 5.11 Å². The Bertz CT molecular complexity index is 721. The summed E-state index contributed by atoms with van der Waals surface area (Å²) in [4.78, 5) is 25.8. The number of carboxylic acids is 1. The number of carbonyl (C=O) groups excluding carboxylic acids is 1. The van der Waals surface area contributed by atoms with Crippen molar-refractivity contribution in [1.82, 2.24) is 9.55 Å². The minimum atomic E-state index is -4.83. The predicted molar refractivity (Wildman–Crippen MR) is 63.7 cm³/mol. The third-order valence-electron chi connectivity index (χ3n) is 2.77. The number of rotatable bonds is 3. The van der Waals surface area contributed by atoms with Crippen LogP contribution < -0.4 is 0 Å². The molecular formula is C12H9F3N2O4. The first kappa shape index (κ1) is 14.8. The van der Waals surface area contributed by atoms with Crippen LogP contribution in [0.15, 0.2) is 18.2 Å². The molecule has 1 N–H and O–H groups in total. The molecule has 0 atom stereocenters. The van der Waals surface area contributed by atoms with Gasteiger partial charge in [0.1, 0.15) is 6.54 Å². The van der Waals surface area contributed by atoms with Gasteiger partial charge in [-0.05, 0) is 12.1 Å². The maximum atomic E-state index is 13.0. The monoisotopic (exact) mass is 302 g/mol. The summed E-state index contributed by atoms with van der Waals surface area (Å²) in [6.07, 6.45) is -4.83. The summed E-state index contributed by atoms with van der Waals surface area (Å²) in [7, 11) is 1.02. The zero-order chi connectivity index (χ0) is 15.8. The molecule has 0 spiro atoms. The highest BCUT2D eigenvalue weighted by Gasteiger charge is 2.38. The molecule has 1 aromatic carbocycles.